The number of hydrogen-bond acceptors (Lipinski definition) is 2. The molecule has 2 heteroatoms. The summed E-state index contributed by atoms with van der Waals surface area (Å²) in [7, 11) is 0. The standard InChI is InChI=1S/C18H25NO/c1-15-7-5-8-16(2)19(15)14-18-11-6-10-17(13-18)9-3-4-12-20/h6,10-11,13,15-16,20H,4-5,7-8,12,14H2,1-2H3. The van der Waals surface area contributed by atoms with Crippen LogP contribution in [0.2, 0.25) is 0 Å². The maximum absolute atomic E-state index is 8.76. The topological polar surface area (TPSA) is 23.5 Å². The first-order valence-corrected chi connectivity index (χ1v) is 7.65. The molecule has 1 aromatic carbocycles. The summed E-state index contributed by atoms with van der Waals surface area (Å²) in [5.74, 6) is 6.10. The van der Waals surface area contributed by atoms with E-state index >= 15 is 0 Å². The third-order valence-electron chi connectivity index (χ3n) is 4.14. The van der Waals surface area contributed by atoms with E-state index in [0.717, 1.165) is 12.1 Å². The molecule has 0 radical (unpaired) electrons. The van der Waals surface area contributed by atoms with Gasteiger partial charge in [0.05, 0.1) is 6.61 Å². The molecule has 0 amide bonds. The fraction of sp³-hybridized carbons (Fsp3) is 0.556. The van der Waals surface area contributed by atoms with E-state index in [1.54, 1.807) is 0 Å². The summed E-state index contributed by atoms with van der Waals surface area (Å²) >= 11 is 0. The van der Waals surface area contributed by atoms with Crippen LogP contribution in [0.25, 0.3) is 0 Å². The van der Waals surface area contributed by atoms with E-state index in [-0.39, 0.29) is 6.61 Å². The van der Waals surface area contributed by atoms with E-state index in [1.165, 1.54) is 24.8 Å². The van der Waals surface area contributed by atoms with Crippen molar-refractivity contribution < 1.29 is 5.11 Å². The van der Waals surface area contributed by atoms with Crippen molar-refractivity contribution in [3.8, 4) is 11.8 Å². The minimum atomic E-state index is 0.134. The molecule has 1 N–H and O–H groups in total. The highest BCUT2D eigenvalue weighted by atomic mass is 16.2. The van der Waals surface area contributed by atoms with Crippen LogP contribution in [0.3, 0.4) is 0 Å². The van der Waals surface area contributed by atoms with Crippen LogP contribution in [0.5, 0.6) is 0 Å². The van der Waals surface area contributed by atoms with Gasteiger partial charge in [-0.2, -0.15) is 0 Å². The van der Waals surface area contributed by atoms with Gasteiger partial charge < -0.3 is 5.11 Å². The maximum atomic E-state index is 8.76. The lowest BCUT2D eigenvalue weighted by atomic mass is 9.96. The zero-order chi connectivity index (χ0) is 14.4. The van der Waals surface area contributed by atoms with E-state index < -0.39 is 0 Å². The Hall–Kier alpha value is -1.30. The van der Waals surface area contributed by atoms with Gasteiger partial charge in [0, 0.05) is 30.6 Å². The largest absolute Gasteiger partial charge is 0.395 e. The van der Waals surface area contributed by atoms with E-state index in [1.807, 2.05) is 6.07 Å². The lowest BCUT2D eigenvalue weighted by Crippen LogP contribution is -2.42. The second kappa shape index (κ2) is 7.47. The average molecular weight is 271 g/mol. The molecule has 2 rings (SSSR count). The van der Waals surface area contributed by atoms with Crippen molar-refractivity contribution in [1.82, 2.24) is 4.90 Å². The van der Waals surface area contributed by atoms with Gasteiger partial charge >= 0.3 is 0 Å². The number of hydrogen-bond donors (Lipinski definition) is 1. The van der Waals surface area contributed by atoms with Crippen molar-refractivity contribution in [1.29, 1.82) is 0 Å². The Morgan fingerprint density at radius 1 is 1.25 bits per heavy atom. The Morgan fingerprint density at radius 3 is 2.70 bits per heavy atom. The molecule has 2 atom stereocenters. The van der Waals surface area contributed by atoms with Gasteiger partial charge in [-0.05, 0) is 44.4 Å². The molecule has 0 bridgehead atoms. The average Bonchev–Trinajstić information content (AvgIpc) is 2.44. The first kappa shape index (κ1) is 15.1. The molecule has 1 heterocycles. The van der Waals surface area contributed by atoms with Crippen LogP contribution in [0, 0.1) is 11.8 Å². The Kier molecular flexibility index (Phi) is 5.64. The molecule has 1 aromatic rings. The van der Waals surface area contributed by atoms with E-state index in [4.69, 9.17) is 5.11 Å². The summed E-state index contributed by atoms with van der Waals surface area (Å²) in [6, 6.07) is 9.82. The molecule has 0 aromatic heterocycles. The Bertz CT molecular complexity index is 476. The number of likely N-dealkylation sites (tertiary alicyclic amines) is 1. The summed E-state index contributed by atoms with van der Waals surface area (Å²) < 4.78 is 0. The third-order valence-corrected chi connectivity index (χ3v) is 4.14. The van der Waals surface area contributed by atoms with Crippen LogP contribution in [0.4, 0.5) is 0 Å². The first-order chi connectivity index (χ1) is 9.70. The number of aliphatic hydroxyl groups is 1. The zero-order valence-electron chi connectivity index (χ0n) is 12.6. The Morgan fingerprint density at radius 2 is 2.00 bits per heavy atom. The highest BCUT2D eigenvalue weighted by molar-refractivity contribution is 5.37. The van der Waals surface area contributed by atoms with Crippen molar-refractivity contribution in [3.05, 3.63) is 35.4 Å². The number of piperidine rings is 1. The molecule has 2 unspecified atom stereocenters. The number of rotatable bonds is 3. The fourth-order valence-electron chi connectivity index (χ4n) is 2.97. The highest BCUT2D eigenvalue weighted by Crippen LogP contribution is 2.24. The zero-order valence-corrected chi connectivity index (χ0v) is 12.6. The smallest absolute Gasteiger partial charge is 0.0540 e. The molecule has 0 aliphatic carbocycles. The van der Waals surface area contributed by atoms with Gasteiger partial charge in [0.15, 0.2) is 0 Å². The lowest BCUT2D eigenvalue weighted by molar-refractivity contribution is 0.0953. The molecule has 20 heavy (non-hydrogen) atoms. The van der Waals surface area contributed by atoms with Gasteiger partial charge in [-0.15, -0.1) is 0 Å². The van der Waals surface area contributed by atoms with Crippen molar-refractivity contribution in [3.63, 3.8) is 0 Å². The number of benzene rings is 1. The quantitative estimate of drug-likeness (QED) is 0.854. The van der Waals surface area contributed by atoms with Crippen LogP contribution in [-0.2, 0) is 6.54 Å². The van der Waals surface area contributed by atoms with Gasteiger partial charge in [-0.25, -0.2) is 0 Å². The molecule has 1 aliphatic heterocycles. The molecular formula is C18H25NO. The van der Waals surface area contributed by atoms with Crippen molar-refractivity contribution in [2.45, 2.75) is 58.2 Å². The molecule has 0 spiro atoms. The lowest BCUT2D eigenvalue weighted by Gasteiger charge is -2.39. The van der Waals surface area contributed by atoms with Crippen LogP contribution >= 0.6 is 0 Å². The predicted molar refractivity (Wildman–Crippen MR) is 83.3 cm³/mol. The van der Waals surface area contributed by atoms with Crippen LogP contribution in [0.15, 0.2) is 24.3 Å². The molecule has 0 saturated carbocycles. The van der Waals surface area contributed by atoms with Crippen molar-refractivity contribution in [2.75, 3.05) is 6.61 Å². The van der Waals surface area contributed by atoms with E-state index in [9.17, 15) is 0 Å². The summed E-state index contributed by atoms with van der Waals surface area (Å²) in [6.07, 6.45) is 4.51. The van der Waals surface area contributed by atoms with Gasteiger partial charge in [0.2, 0.25) is 0 Å². The SMILES string of the molecule is CC1CCCC(C)N1Cc1cccc(C#CCCO)c1. The van der Waals surface area contributed by atoms with Crippen molar-refractivity contribution in [2.24, 2.45) is 0 Å². The second-order valence-corrected chi connectivity index (χ2v) is 5.78. The normalized spacial score (nSPS) is 23.1. The van der Waals surface area contributed by atoms with Crippen molar-refractivity contribution >= 4 is 0 Å². The highest BCUT2D eigenvalue weighted by Gasteiger charge is 2.24. The fourth-order valence-corrected chi connectivity index (χ4v) is 2.97. The monoisotopic (exact) mass is 271 g/mol. The minimum absolute atomic E-state index is 0.134. The molecule has 2 nitrogen and oxygen atoms in total. The maximum Gasteiger partial charge on any atom is 0.0540 e. The summed E-state index contributed by atoms with van der Waals surface area (Å²) in [5, 5.41) is 8.76. The minimum Gasteiger partial charge on any atom is -0.395 e. The Labute approximate surface area is 122 Å². The molecule has 1 saturated heterocycles. The summed E-state index contributed by atoms with van der Waals surface area (Å²) in [6.45, 7) is 5.81. The second-order valence-electron chi connectivity index (χ2n) is 5.78. The van der Waals surface area contributed by atoms with E-state index in [2.05, 4.69) is 48.8 Å². The number of aliphatic hydroxyl groups excluding tert-OH is 1. The summed E-state index contributed by atoms with van der Waals surface area (Å²) in [5.41, 5.74) is 2.38. The van der Waals surface area contributed by atoms with Crippen LogP contribution < -0.4 is 0 Å². The van der Waals surface area contributed by atoms with Crippen LogP contribution in [0.1, 0.15) is 50.7 Å². The van der Waals surface area contributed by atoms with Gasteiger partial charge in [-0.3, -0.25) is 4.90 Å². The first-order valence-electron chi connectivity index (χ1n) is 7.65. The predicted octanol–water partition coefficient (Wildman–Crippen LogP) is 3.18. The number of nitrogens with zero attached hydrogens (tertiary/aromatic N) is 1. The molecular weight excluding hydrogens is 246 g/mol. The molecule has 1 aliphatic rings. The van der Waals surface area contributed by atoms with Gasteiger partial charge in [0.1, 0.15) is 0 Å². The molecule has 1 fully saturated rings. The van der Waals surface area contributed by atoms with Gasteiger partial charge in [0.25, 0.3) is 0 Å². The van der Waals surface area contributed by atoms with Gasteiger partial charge in [-0.1, -0.05) is 30.4 Å². The molecule has 108 valence electrons. The third kappa shape index (κ3) is 4.10. The van der Waals surface area contributed by atoms with Crippen LogP contribution in [-0.4, -0.2) is 28.7 Å². The van der Waals surface area contributed by atoms with E-state index in [0.29, 0.717) is 18.5 Å². The Balaban J connectivity index is 2.06. The summed E-state index contributed by atoms with van der Waals surface area (Å²) in [4.78, 5) is 2.60.